The van der Waals surface area contributed by atoms with Crippen molar-refractivity contribution in [3.8, 4) is 0 Å². The molecule has 18 heavy (non-hydrogen) atoms. The van der Waals surface area contributed by atoms with Gasteiger partial charge < -0.3 is 17.2 Å². The number of primary amides is 1. The number of hydrogen-bond donors (Lipinski definition) is 5. The van der Waals surface area contributed by atoms with Gasteiger partial charge in [0.2, 0.25) is 0 Å². The molecule has 7 nitrogen and oxygen atoms in total. The van der Waals surface area contributed by atoms with E-state index in [9.17, 15) is 4.79 Å². The van der Waals surface area contributed by atoms with Gasteiger partial charge in [0.25, 0.3) is 0 Å². The average molecular weight is 248 g/mol. The number of benzene rings is 1. The lowest BCUT2D eigenvalue weighted by atomic mass is 10.0. The molecule has 0 aromatic heterocycles. The number of carbonyl (C=O) groups excluding carboxylic acids is 1. The van der Waals surface area contributed by atoms with Crippen molar-refractivity contribution in [2.24, 2.45) is 22.3 Å². The van der Waals surface area contributed by atoms with Gasteiger partial charge in [-0.25, -0.2) is 10.2 Å². The lowest BCUT2D eigenvalue weighted by Gasteiger charge is -2.07. The zero-order chi connectivity index (χ0) is 13.5. The highest BCUT2D eigenvalue weighted by atomic mass is 16.2. The van der Waals surface area contributed by atoms with Crippen molar-refractivity contribution in [1.29, 1.82) is 5.41 Å². The minimum atomic E-state index is -0.739. The molecule has 1 aromatic rings. The molecular weight excluding hydrogens is 232 g/mol. The Labute approximate surface area is 105 Å². The monoisotopic (exact) mass is 248 g/mol. The zero-order valence-corrected chi connectivity index (χ0v) is 9.76. The molecule has 1 rings (SSSR count). The van der Waals surface area contributed by atoms with E-state index in [1.54, 1.807) is 18.2 Å². The number of nitrogens with zero attached hydrogens (tertiary/aromatic N) is 1. The second-order valence-electron chi connectivity index (χ2n) is 3.74. The van der Waals surface area contributed by atoms with Crippen LogP contribution < -0.4 is 22.6 Å². The van der Waals surface area contributed by atoms with Crippen molar-refractivity contribution in [2.75, 3.05) is 0 Å². The molecule has 0 spiro atoms. The second kappa shape index (κ2) is 6.36. The van der Waals surface area contributed by atoms with E-state index in [2.05, 4.69) is 10.5 Å². The molecule has 0 unspecified atom stereocenters. The summed E-state index contributed by atoms with van der Waals surface area (Å²) in [5.74, 6) is 0.00878. The van der Waals surface area contributed by atoms with Crippen molar-refractivity contribution in [3.63, 3.8) is 0 Å². The largest absolute Gasteiger partial charge is 0.384 e. The van der Waals surface area contributed by atoms with Crippen molar-refractivity contribution in [3.05, 3.63) is 35.4 Å². The molecule has 0 aliphatic carbocycles. The van der Waals surface area contributed by atoms with Crippen LogP contribution in [0.1, 0.15) is 11.1 Å². The van der Waals surface area contributed by atoms with E-state index >= 15 is 0 Å². The lowest BCUT2D eigenvalue weighted by molar-refractivity contribution is 0.249. The summed E-state index contributed by atoms with van der Waals surface area (Å²) < 4.78 is 0. The number of carbonyl (C=O) groups is 1. The Bertz CT molecular complexity index is 470. The molecule has 96 valence electrons. The highest BCUT2D eigenvalue weighted by Crippen LogP contribution is 2.06. The first-order valence-corrected chi connectivity index (χ1v) is 5.26. The van der Waals surface area contributed by atoms with Gasteiger partial charge in [0.1, 0.15) is 5.84 Å². The van der Waals surface area contributed by atoms with Crippen LogP contribution in [0.2, 0.25) is 0 Å². The first-order chi connectivity index (χ1) is 8.49. The van der Waals surface area contributed by atoms with Gasteiger partial charge in [-0.05, 0) is 18.1 Å². The van der Waals surface area contributed by atoms with Crippen LogP contribution in [0.5, 0.6) is 0 Å². The predicted molar refractivity (Wildman–Crippen MR) is 70.3 cm³/mol. The fourth-order valence-electron chi connectivity index (χ4n) is 1.39. The maximum Gasteiger partial charge on any atom is 0.332 e. The quantitative estimate of drug-likeness (QED) is 0.272. The molecule has 0 bridgehead atoms. The molecule has 2 amide bonds. The van der Waals surface area contributed by atoms with Crippen molar-refractivity contribution in [2.45, 2.75) is 12.5 Å². The third kappa shape index (κ3) is 4.62. The standard InChI is InChI=1S/C11H16N6O/c12-9(6-16-17-11(15)18)5-7-2-1-3-8(4-7)10(13)14/h1-4,6,9H,5,12H2,(H3,13,14)(H3,15,17,18)/b16-6+/t9-/m0/s1. The maximum absolute atomic E-state index is 10.4. The smallest absolute Gasteiger partial charge is 0.332 e. The zero-order valence-electron chi connectivity index (χ0n) is 9.76. The Kier molecular flexibility index (Phi) is 4.82. The maximum atomic E-state index is 10.4. The Morgan fingerprint density at radius 2 is 2.22 bits per heavy atom. The van der Waals surface area contributed by atoms with Crippen molar-refractivity contribution in [1.82, 2.24) is 5.43 Å². The van der Waals surface area contributed by atoms with Crippen LogP contribution in [-0.4, -0.2) is 24.1 Å². The molecule has 0 saturated heterocycles. The molecular formula is C11H16N6O. The van der Waals surface area contributed by atoms with Crippen LogP contribution >= 0.6 is 0 Å². The molecule has 1 aromatic carbocycles. The normalized spacial score (nSPS) is 12.3. The van der Waals surface area contributed by atoms with E-state index in [4.69, 9.17) is 22.6 Å². The first-order valence-electron chi connectivity index (χ1n) is 5.26. The Morgan fingerprint density at radius 1 is 1.50 bits per heavy atom. The minimum Gasteiger partial charge on any atom is -0.384 e. The summed E-state index contributed by atoms with van der Waals surface area (Å²) in [6.07, 6.45) is 1.91. The SMILES string of the molecule is N=C(N)c1cccc(C[C@H](N)/C=N/NC(N)=O)c1. The van der Waals surface area contributed by atoms with Crippen LogP contribution in [0, 0.1) is 5.41 Å². The van der Waals surface area contributed by atoms with Crippen LogP contribution in [-0.2, 0) is 6.42 Å². The van der Waals surface area contributed by atoms with Gasteiger partial charge in [0, 0.05) is 17.8 Å². The molecule has 0 aliphatic heterocycles. The van der Waals surface area contributed by atoms with E-state index in [1.807, 2.05) is 6.07 Å². The third-order valence-corrected chi connectivity index (χ3v) is 2.15. The minimum absolute atomic E-state index is 0.00878. The number of urea groups is 1. The summed E-state index contributed by atoms with van der Waals surface area (Å²) in [5.41, 5.74) is 19.7. The topological polar surface area (TPSA) is 143 Å². The Morgan fingerprint density at radius 3 is 2.83 bits per heavy atom. The molecule has 7 heteroatoms. The third-order valence-electron chi connectivity index (χ3n) is 2.15. The number of nitrogens with two attached hydrogens (primary N) is 3. The summed E-state index contributed by atoms with van der Waals surface area (Å²) in [6, 6.07) is 6.12. The van der Waals surface area contributed by atoms with Gasteiger partial charge in [0.05, 0.1) is 0 Å². The van der Waals surface area contributed by atoms with E-state index in [0.29, 0.717) is 12.0 Å². The van der Waals surface area contributed by atoms with Gasteiger partial charge in [-0.1, -0.05) is 18.2 Å². The number of hydrazone groups is 1. The number of amidine groups is 1. The predicted octanol–water partition coefficient (Wildman–Crippen LogP) is -0.505. The highest BCUT2D eigenvalue weighted by Gasteiger charge is 2.03. The molecule has 0 fully saturated rings. The molecule has 0 aliphatic rings. The second-order valence-corrected chi connectivity index (χ2v) is 3.74. The molecule has 0 heterocycles. The number of nitrogen functional groups attached to an aromatic ring is 1. The Balaban J connectivity index is 2.61. The van der Waals surface area contributed by atoms with Crippen LogP contribution in [0.4, 0.5) is 4.79 Å². The lowest BCUT2D eigenvalue weighted by Crippen LogP contribution is -2.29. The van der Waals surface area contributed by atoms with Crippen LogP contribution in [0.25, 0.3) is 0 Å². The first kappa shape index (κ1) is 13.7. The number of nitrogens with one attached hydrogen (secondary N) is 2. The average Bonchev–Trinajstić information content (AvgIpc) is 2.28. The molecule has 0 radical (unpaired) electrons. The van der Waals surface area contributed by atoms with Crippen molar-refractivity contribution < 1.29 is 4.79 Å². The number of hydrogen-bond acceptors (Lipinski definition) is 4. The van der Waals surface area contributed by atoms with Gasteiger partial charge in [-0.2, -0.15) is 5.10 Å². The summed E-state index contributed by atoms with van der Waals surface area (Å²) in [5, 5.41) is 10.9. The van der Waals surface area contributed by atoms with Gasteiger partial charge in [0.15, 0.2) is 0 Å². The van der Waals surface area contributed by atoms with Crippen molar-refractivity contribution >= 4 is 18.1 Å². The van der Waals surface area contributed by atoms with Crippen LogP contribution in [0.15, 0.2) is 29.4 Å². The van der Waals surface area contributed by atoms with E-state index in [0.717, 1.165) is 5.56 Å². The number of amides is 2. The van der Waals surface area contributed by atoms with E-state index < -0.39 is 6.03 Å². The summed E-state index contributed by atoms with van der Waals surface area (Å²) in [4.78, 5) is 10.4. The van der Waals surface area contributed by atoms with E-state index in [1.165, 1.54) is 6.21 Å². The van der Waals surface area contributed by atoms with E-state index in [-0.39, 0.29) is 11.9 Å². The molecule has 8 N–H and O–H groups in total. The van der Waals surface area contributed by atoms with Gasteiger partial charge >= 0.3 is 6.03 Å². The summed E-state index contributed by atoms with van der Waals surface area (Å²) >= 11 is 0. The molecule has 1 atom stereocenters. The summed E-state index contributed by atoms with van der Waals surface area (Å²) in [7, 11) is 0. The molecule has 0 saturated carbocycles. The summed E-state index contributed by atoms with van der Waals surface area (Å²) in [6.45, 7) is 0. The number of rotatable bonds is 5. The van der Waals surface area contributed by atoms with Gasteiger partial charge in [-0.15, -0.1) is 0 Å². The fraction of sp³-hybridized carbons (Fsp3) is 0.182. The Hall–Kier alpha value is -2.41. The van der Waals surface area contributed by atoms with Gasteiger partial charge in [-0.3, -0.25) is 5.41 Å². The fourth-order valence-corrected chi connectivity index (χ4v) is 1.39. The highest BCUT2D eigenvalue weighted by molar-refractivity contribution is 5.95. The van der Waals surface area contributed by atoms with Crippen LogP contribution in [0.3, 0.4) is 0 Å².